The van der Waals surface area contributed by atoms with Crippen LogP contribution in [0.4, 0.5) is 10.1 Å². The van der Waals surface area contributed by atoms with E-state index >= 15 is 0 Å². The van der Waals surface area contributed by atoms with Gasteiger partial charge in [0.15, 0.2) is 0 Å². The largest absolute Gasteiger partial charge is 0.366 e. The van der Waals surface area contributed by atoms with Gasteiger partial charge in [-0.1, -0.05) is 19.1 Å². The number of nitrogens with zero attached hydrogens (tertiary/aromatic N) is 2. The normalized spacial score (nSPS) is 25.1. The molecule has 0 amide bonds. The van der Waals surface area contributed by atoms with Crippen molar-refractivity contribution in [2.24, 2.45) is 5.73 Å². The highest BCUT2D eigenvalue weighted by molar-refractivity contribution is 5.56. The molecule has 3 nitrogen and oxygen atoms in total. The van der Waals surface area contributed by atoms with Crippen LogP contribution in [0.25, 0.3) is 0 Å². The number of hydrogen-bond acceptors (Lipinski definition) is 3. The van der Waals surface area contributed by atoms with Gasteiger partial charge in [-0.3, -0.25) is 4.90 Å². The van der Waals surface area contributed by atoms with E-state index in [9.17, 15) is 4.39 Å². The molecule has 3 unspecified atom stereocenters. The smallest absolute Gasteiger partial charge is 0.146 e. The minimum Gasteiger partial charge on any atom is -0.366 e. The molecule has 0 radical (unpaired) electrons. The van der Waals surface area contributed by atoms with Crippen LogP contribution in [0.2, 0.25) is 0 Å². The van der Waals surface area contributed by atoms with E-state index in [2.05, 4.69) is 37.6 Å². The Labute approximate surface area is 127 Å². The molecular weight excluding hydrogens is 265 g/mol. The van der Waals surface area contributed by atoms with Crippen molar-refractivity contribution in [3.63, 3.8) is 0 Å². The number of nitrogens with two attached hydrogens (primary N) is 1. The summed E-state index contributed by atoms with van der Waals surface area (Å²) in [5.74, 6) is -0.125. The summed E-state index contributed by atoms with van der Waals surface area (Å²) in [7, 11) is 2.14. The van der Waals surface area contributed by atoms with Gasteiger partial charge >= 0.3 is 0 Å². The second-order valence-electron chi connectivity index (χ2n) is 6.39. The van der Waals surface area contributed by atoms with Crippen LogP contribution >= 0.6 is 0 Å². The van der Waals surface area contributed by atoms with Gasteiger partial charge in [0, 0.05) is 31.2 Å². The van der Waals surface area contributed by atoms with Gasteiger partial charge in [0.25, 0.3) is 0 Å². The summed E-state index contributed by atoms with van der Waals surface area (Å²) in [6.07, 6.45) is 1.64. The highest BCUT2D eigenvalue weighted by atomic mass is 19.1. The molecule has 2 N–H and O–H groups in total. The lowest BCUT2D eigenvalue weighted by Gasteiger charge is -2.44. The minimum atomic E-state index is -0.125. The number of rotatable bonds is 4. The first kappa shape index (κ1) is 16.2. The van der Waals surface area contributed by atoms with E-state index in [1.807, 2.05) is 6.07 Å². The maximum atomic E-state index is 14.4. The molecule has 0 saturated carbocycles. The number of piperazine rings is 1. The molecule has 1 fully saturated rings. The molecular formula is C17H28FN3. The minimum absolute atomic E-state index is 0.0906. The lowest BCUT2D eigenvalue weighted by atomic mass is 10.00. The number of halogens is 1. The zero-order valence-corrected chi connectivity index (χ0v) is 13.6. The van der Waals surface area contributed by atoms with Crippen molar-refractivity contribution in [2.75, 3.05) is 25.0 Å². The highest BCUT2D eigenvalue weighted by Crippen LogP contribution is 2.29. The summed E-state index contributed by atoms with van der Waals surface area (Å²) in [6, 6.07) is 6.29. The standard InChI is InChI=1S/C17H28FN3/c1-5-15(19)9-14-7-6-8-16(18)17(14)21-10-12(2)20(4)13(3)11-21/h6-8,12-13,15H,5,9-11,19H2,1-4H3. The predicted octanol–water partition coefficient (Wildman–Crippen LogP) is 2.63. The first-order valence-corrected chi connectivity index (χ1v) is 7.93. The molecule has 1 aromatic rings. The fourth-order valence-electron chi connectivity index (χ4n) is 3.09. The molecule has 1 heterocycles. The van der Waals surface area contributed by atoms with Crippen LogP contribution in [0, 0.1) is 5.82 Å². The van der Waals surface area contributed by atoms with Crippen molar-refractivity contribution in [3.8, 4) is 0 Å². The van der Waals surface area contributed by atoms with E-state index in [0.29, 0.717) is 12.1 Å². The third-order valence-electron chi connectivity index (χ3n) is 4.75. The number of benzene rings is 1. The van der Waals surface area contributed by atoms with Crippen molar-refractivity contribution in [1.29, 1.82) is 0 Å². The van der Waals surface area contributed by atoms with Crippen molar-refractivity contribution < 1.29 is 4.39 Å². The van der Waals surface area contributed by atoms with E-state index in [0.717, 1.165) is 37.2 Å². The van der Waals surface area contributed by atoms with Crippen LogP contribution in [0.15, 0.2) is 18.2 Å². The van der Waals surface area contributed by atoms with E-state index in [1.165, 1.54) is 0 Å². The zero-order chi connectivity index (χ0) is 15.6. The molecule has 3 atom stereocenters. The SMILES string of the molecule is CCC(N)Cc1cccc(F)c1N1CC(C)N(C)C(C)C1. The maximum Gasteiger partial charge on any atom is 0.146 e. The Kier molecular flexibility index (Phi) is 5.22. The monoisotopic (exact) mass is 293 g/mol. The van der Waals surface area contributed by atoms with Gasteiger partial charge in [-0.2, -0.15) is 0 Å². The predicted molar refractivity (Wildman–Crippen MR) is 87.3 cm³/mol. The van der Waals surface area contributed by atoms with Gasteiger partial charge in [-0.05, 0) is 45.4 Å². The Morgan fingerprint density at radius 2 is 1.90 bits per heavy atom. The quantitative estimate of drug-likeness (QED) is 0.926. The van der Waals surface area contributed by atoms with Gasteiger partial charge in [-0.25, -0.2) is 4.39 Å². The molecule has 1 saturated heterocycles. The summed E-state index contributed by atoms with van der Waals surface area (Å²) in [5.41, 5.74) is 7.87. The number of para-hydroxylation sites is 1. The van der Waals surface area contributed by atoms with Crippen molar-refractivity contribution in [3.05, 3.63) is 29.6 Å². The summed E-state index contributed by atoms with van der Waals surface area (Å²) in [4.78, 5) is 4.55. The summed E-state index contributed by atoms with van der Waals surface area (Å²) in [5, 5.41) is 0. The van der Waals surface area contributed by atoms with Crippen LogP contribution in [-0.2, 0) is 6.42 Å². The lowest BCUT2D eigenvalue weighted by Crippen LogP contribution is -2.55. The molecule has 118 valence electrons. The Morgan fingerprint density at radius 1 is 1.29 bits per heavy atom. The van der Waals surface area contributed by atoms with Crippen LogP contribution in [-0.4, -0.2) is 43.2 Å². The zero-order valence-electron chi connectivity index (χ0n) is 13.6. The van der Waals surface area contributed by atoms with Gasteiger partial charge in [-0.15, -0.1) is 0 Å². The van der Waals surface area contributed by atoms with E-state index in [4.69, 9.17) is 5.73 Å². The molecule has 1 aliphatic heterocycles. The lowest BCUT2D eigenvalue weighted by molar-refractivity contribution is 0.169. The average Bonchev–Trinajstić information content (AvgIpc) is 2.44. The van der Waals surface area contributed by atoms with E-state index in [1.54, 1.807) is 12.1 Å². The third kappa shape index (κ3) is 3.55. The molecule has 0 spiro atoms. The van der Waals surface area contributed by atoms with Crippen LogP contribution in [0.3, 0.4) is 0 Å². The van der Waals surface area contributed by atoms with Crippen LogP contribution in [0.1, 0.15) is 32.8 Å². The van der Waals surface area contributed by atoms with E-state index in [-0.39, 0.29) is 11.9 Å². The number of likely N-dealkylation sites (N-methyl/N-ethyl adjacent to an activating group) is 1. The summed E-state index contributed by atoms with van der Waals surface area (Å²) in [6.45, 7) is 8.18. The molecule has 2 rings (SSSR count). The molecule has 4 heteroatoms. The van der Waals surface area contributed by atoms with Crippen LogP contribution in [0.5, 0.6) is 0 Å². The first-order valence-electron chi connectivity index (χ1n) is 7.93. The Hall–Kier alpha value is -1.13. The second-order valence-corrected chi connectivity index (χ2v) is 6.39. The molecule has 0 aromatic heterocycles. The fraction of sp³-hybridized carbons (Fsp3) is 0.647. The third-order valence-corrected chi connectivity index (χ3v) is 4.75. The maximum absolute atomic E-state index is 14.4. The Morgan fingerprint density at radius 3 is 2.48 bits per heavy atom. The second kappa shape index (κ2) is 6.75. The Bertz CT molecular complexity index is 465. The summed E-state index contributed by atoms with van der Waals surface area (Å²) >= 11 is 0. The highest BCUT2D eigenvalue weighted by Gasteiger charge is 2.29. The molecule has 0 bridgehead atoms. The van der Waals surface area contributed by atoms with Crippen molar-refractivity contribution >= 4 is 5.69 Å². The summed E-state index contributed by atoms with van der Waals surface area (Å²) < 4.78 is 14.4. The molecule has 0 aliphatic carbocycles. The fourth-order valence-corrected chi connectivity index (χ4v) is 3.09. The topological polar surface area (TPSA) is 32.5 Å². The van der Waals surface area contributed by atoms with Crippen molar-refractivity contribution in [1.82, 2.24) is 4.90 Å². The van der Waals surface area contributed by atoms with Gasteiger partial charge in [0.2, 0.25) is 0 Å². The molecule has 21 heavy (non-hydrogen) atoms. The van der Waals surface area contributed by atoms with Gasteiger partial charge in [0.05, 0.1) is 5.69 Å². The Balaban J connectivity index is 2.30. The van der Waals surface area contributed by atoms with Crippen molar-refractivity contribution in [2.45, 2.75) is 51.7 Å². The first-order chi connectivity index (χ1) is 9.93. The molecule has 1 aliphatic rings. The average molecular weight is 293 g/mol. The number of hydrogen-bond donors (Lipinski definition) is 1. The van der Waals surface area contributed by atoms with Crippen LogP contribution < -0.4 is 10.6 Å². The van der Waals surface area contributed by atoms with E-state index < -0.39 is 0 Å². The molecule has 1 aromatic carbocycles. The van der Waals surface area contributed by atoms with Gasteiger partial charge < -0.3 is 10.6 Å². The number of anilines is 1. The van der Waals surface area contributed by atoms with Gasteiger partial charge in [0.1, 0.15) is 5.82 Å².